The molecule has 0 aliphatic carbocycles. The Bertz CT molecular complexity index is 391. The van der Waals surface area contributed by atoms with Crippen LogP contribution >= 0.6 is 0 Å². The Hall–Kier alpha value is -1.09. The number of carbonyl (C=O) groups excluding carboxylic acids is 1. The zero-order valence-electron chi connectivity index (χ0n) is 11.1. The van der Waals surface area contributed by atoms with E-state index in [0.29, 0.717) is 6.04 Å². The van der Waals surface area contributed by atoms with E-state index in [1.165, 1.54) is 0 Å². The minimum atomic E-state index is -0.124. The molecule has 16 heavy (non-hydrogen) atoms. The summed E-state index contributed by atoms with van der Waals surface area (Å²) in [6.07, 6.45) is 0. The predicted octanol–water partition coefficient (Wildman–Crippen LogP) is 2.48. The highest BCUT2D eigenvalue weighted by Gasteiger charge is 2.20. The van der Waals surface area contributed by atoms with Crippen LogP contribution in [-0.2, 0) is 0 Å². The van der Waals surface area contributed by atoms with E-state index in [0.717, 1.165) is 17.0 Å². The van der Waals surface area contributed by atoms with Crippen molar-refractivity contribution >= 4 is 5.78 Å². The van der Waals surface area contributed by atoms with Gasteiger partial charge in [-0.1, -0.05) is 0 Å². The highest BCUT2D eigenvalue weighted by molar-refractivity contribution is 6.01. The normalized spacial score (nSPS) is 13.2. The minimum Gasteiger partial charge on any atom is -0.346 e. The summed E-state index contributed by atoms with van der Waals surface area (Å²) < 4.78 is 2.20. The van der Waals surface area contributed by atoms with Crippen molar-refractivity contribution in [2.75, 3.05) is 7.05 Å². The van der Waals surface area contributed by atoms with Crippen LogP contribution in [0.25, 0.3) is 0 Å². The largest absolute Gasteiger partial charge is 0.346 e. The van der Waals surface area contributed by atoms with Crippen LogP contribution in [0.5, 0.6) is 0 Å². The Morgan fingerprint density at radius 3 is 2.25 bits per heavy atom. The predicted molar refractivity (Wildman–Crippen MR) is 67.1 cm³/mol. The van der Waals surface area contributed by atoms with Crippen LogP contribution in [-0.4, -0.2) is 23.4 Å². The third-order valence-corrected chi connectivity index (χ3v) is 3.09. The summed E-state index contributed by atoms with van der Waals surface area (Å²) >= 11 is 0. The summed E-state index contributed by atoms with van der Waals surface area (Å²) in [7, 11) is 1.81. The number of likely N-dealkylation sites (N-methyl/N-ethyl adjacent to an activating group) is 1. The van der Waals surface area contributed by atoms with Gasteiger partial charge in [-0.3, -0.25) is 4.79 Å². The molecule has 0 aliphatic rings. The number of hydrogen-bond acceptors (Lipinski definition) is 2. The van der Waals surface area contributed by atoms with Gasteiger partial charge in [-0.15, -0.1) is 0 Å². The van der Waals surface area contributed by atoms with Gasteiger partial charge < -0.3 is 9.88 Å². The smallest absolute Gasteiger partial charge is 0.181 e. The van der Waals surface area contributed by atoms with Crippen molar-refractivity contribution in [3.05, 3.63) is 23.0 Å². The molecular formula is C13H22N2O. The molecule has 1 aromatic rings. The Morgan fingerprint density at radius 1 is 1.31 bits per heavy atom. The lowest BCUT2D eigenvalue weighted by atomic mass is 10.1. The number of ketones is 1. The number of hydrogen-bond donors (Lipinski definition) is 1. The SMILES string of the molecule is CNC(C)C(=O)c1cc(C)n(C(C)C)c1C. The molecule has 3 heteroatoms. The molecule has 1 atom stereocenters. The van der Waals surface area contributed by atoms with Crippen molar-refractivity contribution in [3.63, 3.8) is 0 Å². The molecule has 1 N–H and O–H groups in total. The summed E-state index contributed by atoms with van der Waals surface area (Å²) in [5.41, 5.74) is 3.06. The summed E-state index contributed by atoms with van der Waals surface area (Å²) in [5, 5.41) is 2.99. The first-order valence-corrected chi connectivity index (χ1v) is 5.80. The second-order valence-electron chi connectivity index (χ2n) is 4.62. The van der Waals surface area contributed by atoms with E-state index in [-0.39, 0.29) is 11.8 Å². The lowest BCUT2D eigenvalue weighted by Gasteiger charge is -2.14. The number of carbonyl (C=O) groups is 1. The van der Waals surface area contributed by atoms with E-state index in [9.17, 15) is 4.79 Å². The maximum absolute atomic E-state index is 12.1. The number of nitrogens with zero attached hydrogens (tertiary/aromatic N) is 1. The van der Waals surface area contributed by atoms with Crippen LogP contribution in [0.3, 0.4) is 0 Å². The molecule has 1 heterocycles. The lowest BCUT2D eigenvalue weighted by Crippen LogP contribution is -2.31. The van der Waals surface area contributed by atoms with E-state index in [2.05, 4.69) is 23.7 Å². The fourth-order valence-corrected chi connectivity index (χ4v) is 2.19. The van der Waals surface area contributed by atoms with Gasteiger partial charge in [-0.05, 0) is 47.7 Å². The van der Waals surface area contributed by atoms with Crippen molar-refractivity contribution in [1.82, 2.24) is 9.88 Å². The second kappa shape index (κ2) is 4.83. The molecule has 0 bridgehead atoms. The summed E-state index contributed by atoms with van der Waals surface area (Å²) in [5.74, 6) is 0.169. The van der Waals surface area contributed by atoms with Crippen LogP contribution in [0.15, 0.2) is 6.07 Å². The van der Waals surface area contributed by atoms with Crippen molar-refractivity contribution in [3.8, 4) is 0 Å². The number of aryl methyl sites for hydroxylation is 1. The van der Waals surface area contributed by atoms with E-state index >= 15 is 0 Å². The summed E-state index contributed by atoms with van der Waals surface area (Å²) in [6, 6.07) is 2.26. The number of aromatic nitrogens is 1. The maximum Gasteiger partial charge on any atom is 0.181 e. The molecule has 0 fully saturated rings. The Balaban J connectivity index is 3.17. The van der Waals surface area contributed by atoms with Gasteiger partial charge in [0.15, 0.2) is 5.78 Å². The Kier molecular flexibility index (Phi) is 3.92. The van der Waals surface area contributed by atoms with Gasteiger partial charge in [0, 0.05) is 23.0 Å². The monoisotopic (exact) mass is 222 g/mol. The van der Waals surface area contributed by atoms with Crippen LogP contribution in [0, 0.1) is 13.8 Å². The van der Waals surface area contributed by atoms with E-state index < -0.39 is 0 Å². The van der Waals surface area contributed by atoms with Crippen molar-refractivity contribution in [2.24, 2.45) is 0 Å². The van der Waals surface area contributed by atoms with Gasteiger partial charge in [0.25, 0.3) is 0 Å². The molecular weight excluding hydrogens is 200 g/mol. The number of rotatable bonds is 4. The summed E-state index contributed by atoms with van der Waals surface area (Å²) in [6.45, 7) is 10.2. The van der Waals surface area contributed by atoms with E-state index in [1.807, 2.05) is 33.9 Å². The maximum atomic E-state index is 12.1. The molecule has 1 aromatic heterocycles. The highest BCUT2D eigenvalue weighted by Crippen LogP contribution is 2.21. The highest BCUT2D eigenvalue weighted by atomic mass is 16.1. The first-order valence-electron chi connectivity index (χ1n) is 5.80. The third kappa shape index (κ3) is 2.19. The topological polar surface area (TPSA) is 34.0 Å². The van der Waals surface area contributed by atoms with Gasteiger partial charge in [0.2, 0.25) is 0 Å². The Morgan fingerprint density at radius 2 is 1.88 bits per heavy atom. The zero-order valence-corrected chi connectivity index (χ0v) is 11.1. The molecule has 0 saturated carbocycles. The van der Waals surface area contributed by atoms with Gasteiger partial charge in [0.05, 0.1) is 6.04 Å². The molecule has 3 nitrogen and oxygen atoms in total. The second-order valence-corrected chi connectivity index (χ2v) is 4.62. The lowest BCUT2D eigenvalue weighted by molar-refractivity contribution is 0.0954. The summed E-state index contributed by atoms with van der Waals surface area (Å²) in [4.78, 5) is 12.1. The first-order chi connectivity index (χ1) is 7.40. The van der Waals surface area contributed by atoms with Gasteiger partial charge in [-0.25, -0.2) is 0 Å². The van der Waals surface area contributed by atoms with Crippen LogP contribution < -0.4 is 5.32 Å². The molecule has 1 unspecified atom stereocenters. The van der Waals surface area contributed by atoms with Gasteiger partial charge in [0.1, 0.15) is 0 Å². The molecule has 90 valence electrons. The van der Waals surface area contributed by atoms with E-state index in [4.69, 9.17) is 0 Å². The van der Waals surface area contributed by atoms with Gasteiger partial charge >= 0.3 is 0 Å². The van der Waals surface area contributed by atoms with E-state index in [1.54, 1.807) is 0 Å². The van der Waals surface area contributed by atoms with Crippen molar-refractivity contribution in [1.29, 1.82) is 0 Å². The third-order valence-electron chi connectivity index (χ3n) is 3.09. The molecule has 0 spiro atoms. The molecule has 0 aromatic carbocycles. The van der Waals surface area contributed by atoms with Gasteiger partial charge in [-0.2, -0.15) is 0 Å². The molecule has 0 aliphatic heterocycles. The van der Waals surface area contributed by atoms with Crippen LogP contribution in [0.2, 0.25) is 0 Å². The molecule has 0 saturated heterocycles. The quantitative estimate of drug-likeness (QED) is 0.794. The average Bonchev–Trinajstić information content (AvgIpc) is 2.51. The van der Waals surface area contributed by atoms with Crippen molar-refractivity contribution in [2.45, 2.75) is 46.7 Å². The molecule has 1 rings (SSSR count). The Labute approximate surface area is 97.8 Å². The molecule has 0 amide bonds. The zero-order chi connectivity index (χ0) is 12.5. The minimum absolute atomic E-state index is 0.124. The standard InChI is InChI=1S/C13H22N2O/c1-8(2)15-9(3)7-12(11(15)5)13(16)10(4)14-6/h7-8,10,14H,1-6H3. The fourth-order valence-electron chi connectivity index (χ4n) is 2.19. The molecule has 0 radical (unpaired) electrons. The average molecular weight is 222 g/mol. The van der Waals surface area contributed by atoms with Crippen LogP contribution in [0.4, 0.5) is 0 Å². The van der Waals surface area contributed by atoms with Crippen LogP contribution in [0.1, 0.15) is 48.6 Å². The number of nitrogens with one attached hydrogen (secondary N) is 1. The van der Waals surface area contributed by atoms with Crippen molar-refractivity contribution < 1.29 is 4.79 Å². The first kappa shape index (κ1) is 13.0. The fraction of sp³-hybridized carbons (Fsp3) is 0.615. The number of Topliss-reactive ketones (excluding diaryl/α,β-unsaturated/α-hetero) is 1.